The minimum Gasteiger partial charge on any atom is -0.351 e. The molecule has 1 unspecified atom stereocenters. The number of amides is 1. The van der Waals surface area contributed by atoms with Crippen LogP contribution in [-0.4, -0.2) is 24.0 Å². The van der Waals surface area contributed by atoms with E-state index in [0.717, 1.165) is 25.8 Å². The molecule has 0 radical (unpaired) electrons. The number of carbonyl (C=O) groups is 1. The molecule has 1 amide bonds. The first kappa shape index (κ1) is 12.9. The Morgan fingerprint density at radius 2 is 1.88 bits per heavy atom. The van der Waals surface area contributed by atoms with E-state index in [1.165, 1.54) is 0 Å². The monoisotopic (exact) mass is 238 g/mol. The van der Waals surface area contributed by atoms with Gasteiger partial charge < -0.3 is 10.6 Å². The van der Waals surface area contributed by atoms with Crippen molar-refractivity contribution in [2.24, 2.45) is 10.8 Å². The summed E-state index contributed by atoms with van der Waals surface area (Å²) in [5.74, 6) is 0.209. The Kier molecular flexibility index (Phi) is 2.81. The molecule has 2 rings (SSSR count). The molecule has 3 nitrogen and oxygen atoms in total. The third kappa shape index (κ3) is 1.70. The Balaban J connectivity index is 2.04. The van der Waals surface area contributed by atoms with Crippen molar-refractivity contribution in [1.29, 1.82) is 0 Å². The normalized spacial score (nSPS) is 34.6. The Morgan fingerprint density at radius 1 is 1.29 bits per heavy atom. The van der Waals surface area contributed by atoms with Crippen LogP contribution in [0.5, 0.6) is 0 Å². The maximum absolute atomic E-state index is 12.5. The van der Waals surface area contributed by atoms with E-state index in [-0.39, 0.29) is 22.3 Å². The van der Waals surface area contributed by atoms with Crippen LogP contribution < -0.4 is 10.6 Å². The first-order valence-corrected chi connectivity index (χ1v) is 6.84. The number of nitrogens with one attached hydrogen (secondary N) is 2. The van der Waals surface area contributed by atoms with Gasteiger partial charge >= 0.3 is 0 Å². The zero-order valence-corrected chi connectivity index (χ0v) is 11.8. The smallest absolute Gasteiger partial charge is 0.240 e. The van der Waals surface area contributed by atoms with E-state index < -0.39 is 0 Å². The highest BCUT2D eigenvalue weighted by atomic mass is 16.2. The molecular formula is C14H26N2O. The van der Waals surface area contributed by atoms with Gasteiger partial charge in [-0.1, -0.05) is 34.6 Å². The molecule has 98 valence electrons. The van der Waals surface area contributed by atoms with Gasteiger partial charge in [0.1, 0.15) is 0 Å². The van der Waals surface area contributed by atoms with Gasteiger partial charge in [-0.25, -0.2) is 0 Å². The molecule has 2 N–H and O–H groups in total. The highest BCUT2D eigenvalue weighted by Gasteiger charge is 2.66. The molecule has 0 aromatic heterocycles. The fourth-order valence-corrected chi connectivity index (χ4v) is 3.29. The van der Waals surface area contributed by atoms with E-state index in [4.69, 9.17) is 0 Å². The number of rotatable bonds is 3. The molecule has 17 heavy (non-hydrogen) atoms. The van der Waals surface area contributed by atoms with Crippen LogP contribution in [0, 0.1) is 10.8 Å². The lowest BCUT2D eigenvalue weighted by molar-refractivity contribution is -0.127. The molecule has 3 heteroatoms. The van der Waals surface area contributed by atoms with Crippen LogP contribution in [0.25, 0.3) is 0 Å². The summed E-state index contributed by atoms with van der Waals surface area (Å²) >= 11 is 0. The maximum Gasteiger partial charge on any atom is 0.240 e. The van der Waals surface area contributed by atoms with E-state index in [0.29, 0.717) is 6.04 Å². The molecule has 1 saturated heterocycles. The predicted molar refractivity (Wildman–Crippen MR) is 69.8 cm³/mol. The van der Waals surface area contributed by atoms with Crippen molar-refractivity contribution in [3.05, 3.63) is 0 Å². The largest absolute Gasteiger partial charge is 0.351 e. The van der Waals surface area contributed by atoms with Crippen molar-refractivity contribution in [1.82, 2.24) is 10.6 Å². The van der Waals surface area contributed by atoms with Crippen LogP contribution in [-0.2, 0) is 4.79 Å². The van der Waals surface area contributed by atoms with Gasteiger partial charge in [0.2, 0.25) is 5.91 Å². The van der Waals surface area contributed by atoms with Gasteiger partial charge in [-0.2, -0.15) is 0 Å². The summed E-state index contributed by atoms with van der Waals surface area (Å²) < 4.78 is 0. The van der Waals surface area contributed by atoms with E-state index in [9.17, 15) is 4.79 Å². The van der Waals surface area contributed by atoms with Gasteiger partial charge in [0, 0.05) is 6.04 Å². The third-order valence-electron chi connectivity index (χ3n) is 5.58. The number of carbonyl (C=O) groups excluding carboxylic acids is 1. The van der Waals surface area contributed by atoms with E-state index in [2.05, 4.69) is 45.3 Å². The molecule has 0 aromatic carbocycles. The second-order valence-corrected chi connectivity index (χ2v) is 6.82. The Hall–Kier alpha value is -0.570. The summed E-state index contributed by atoms with van der Waals surface area (Å²) in [6.07, 6.45) is 2.97. The zero-order chi connectivity index (χ0) is 12.9. The fraction of sp³-hybridized carbons (Fsp3) is 0.929. The third-order valence-corrected chi connectivity index (χ3v) is 5.58. The minimum absolute atomic E-state index is 0.209. The lowest BCUT2D eigenvalue weighted by Gasteiger charge is -2.27. The Labute approximate surface area is 105 Å². The molecule has 1 heterocycles. The first-order chi connectivity index (χ1) is 7.78. The summed E-state index contributed by atoms with van der Waals surface area (Å²) in [4.78, 5) is 12.5. The van der Waals surface area contributed by atoms with E-state index in [1.54, 1.807) is 0 Å². The molecule has 1 aliphatic carbocycles. The van der Waals surface area contributed by atoms with Crippen LogP contribution >= 0.6 is 0 Å². The molecule has 0 spiro atoms. The minimum atomic E-state index is -0.297. The molecule has 1 aliphatic heterocycles. The predicted octanol–water partition coefficient (Wildman–Crippen LogP) is 2.07. The van der Waals surface area contributed by atoms with Gasteiger partial charge in [-0.3, -0.25) is 4.79 Å². The van der Waals surface area contributed by atoms with Crippen molar-refractivity contribution < 1.29 is 4.79 Å². The lowest BCUT2D eigenvalue weighted by atomic mass is 9.93. The van der Waals surface area contributed by atoms with Crippen LogP contribution in [0.15, 0.2) is 0 Å². The van der Waals surface area contributed by atoms with Gasteiger partial charge in [-0.05, 0) is 36.6 Å². The molecule has 1 saturated carbocycles. The van der Waals surface area contributed by atoms with Gasteiger partial charge in [0.25, 0.3) is 0 Å². The summed E-state index contributed by atoms with van der Waals surface area (Å²) in [7, 11) is 0. The molecule has 0 bridgehead atoms. The van der Waals surface area contributed by atoms with Crippen LogP contribution in [0.2, 0.25) is 0 Å². The summed E-state index contributed by atoms with van der Waals surface area (Å²) in [5.41, 5.74) is 0.140. The van der Waals surface area contributed by atoms with Crippen LogP contribution in [0.1, 0.15) is 53.9 Å². The zero-order valence-electron chi connectivity index (χ0n) is 11.8. The molecule has 2 aliphatic rings. The highest BCUT2D eigenvalue weighted by molar-refractivity contribution is 5.87. The SMILES string of the molecule is CCC1(C(=O)NC2C(C)(C)C2(C)C)CCCN1. The van der Waals surface area contributed by atoms with Gasteiger partial charge in [0.15, 0.2) is 0 Å². The average Bonchev–Trinajstić information content (AvgIpc) is 2.67. The second-order valence-electron chi connectivity index (χ2n) is 6.82. The molecule has 2 fully saturated rings. The summed E-state index contributed by atoms with van der Waals surface area (Å²) in [5, 5.41) is 6.66. The lowest BCUT2D eigenvalue weighted by Crippen LogP contribution is -2.54. The standard InChI is InChI=1S/C14H26N2O/c1-6-14(8-7-9-15-14)11(17)16-10-12(2,3)13(10,4)5/h10,15H,6-9H2,1-5H3,(H,16,17). The van der Waals surface area contributed by atoms with Crippen molar-refractivity contribution in [2.75, 3.05) is 6.54 Å². The van der Waals surface area contributed by atoms with Crippen molar-refractivity contribution >= 4 is 5.91 Å². The van der Waals surface area contributed by atoms with Gasteiger partial charge in [-0.15, -0.1) is 0 Å². The van der Waals surface area contributed by atoms with Crippen LogP contribution in [0.3, 0.4) is 0 Å². The molecule has 0 aromatic rings. The first-order valence-electron chi connectivity index (χ1n) is 6.84. The van der Waals surface area contributed by atoms with E-state index in [1.807, 2.05) is 0 Å². The number of hydrogen-bond acceptors (Lipinski definition) is 2. The topological polar surface area (TPSA) is 41.1 Å². The highest BCUT2D eigenvalue weighted by Crippen LogP contribution is 2.62. The quantitative estimate of drug-likeness (QED) is 0.790. The Morgan fingerprint density at radius 3 is 2.24 bits per heavy atom. The molecule has 1 atom stereocenters. The Bertz CT molecular complexity index is 313. The fourth-order valence-electron chi connectivity index (χ4n) is 3.29. The van der Waals surface area contributed by atoms with Crippen molar-refractivity contribution in [2.45, 2.75) is 65.5 Å². The maximum atomic E-state index is 12.5. The average molecular weight is 238 g/mol. The number of hydrogen-bond donors (Lipinski definition) is 2. The molecular weight excluding hydrogens is 212 g/mol. The van der Waals surface area contributed by atoms with E-state index >= 15 is 0 Å². The van der Waals surface area contributed by atoms with Crippen LogP contribution in [0.4, 0.5) is 0 Å². The second kappa shape index (κ2) is 3.71. The summed E-state index contributed by atoms with van der Waals surface area (Å²) in [6, 6.07) is 0.313. The van der Waals surface area contributed by atoms with Crippen molar-refractivity contribution in [3.63, 3.8) is 0 Å². The van der Waals surface area contributed by atoms with Gasteiger partial charge in [0.05, 0.1) is 5.54 Å². The summed E-state index contributed by atoms with van der Waals surface area (Å²) in [6.45, 7) is 12.0. The van der Waals surface area contributed by atoms with Crippen molar-refractivity contribution in [3.8, 4) is 0 Å².